The van der Waals surface area contributed by atoms with Crippen LogP contribution in [-0.4, -0.2) is 24.7 Å². The smallest absolute Gasteiger partial charge is 0.405 e. The van der Waals surface area contributed by atoms with E-state index in [0.717, 1.165) is 5.56 Å². The van der Waals surface area contributed by atoms with Gasteiger partial charge < -0.3 is 10.1 Å². The first kappa shape index (κ1) is 14.3. The van der Waals surface area contributed by atoms with E-state index >= 15 is 0 Å². The summed E-state index contributed by atoms with van der Waals surface area (Å²) in [6.07, 6.45) is -5.40. The second kappa shape index (κ2) is 5.75. The van der Waals surface area contributed by atoms with Gasteiger partial charge in [-0.2, -0.15) is 13.2 Å². The average Bonchev–Trinajstić information content (AvgIpc) is 2.24. The number of hydrogen-bond acceptors (Lipinski definition) is 2. The molecule has 6 heteroatoms. The van der Waals surface area contributed by atoms with Gasteiger partial charge in [0.05, 0.1) is 0 Å². The van der Waals surface area contributed by atoms with Crippen LogP contribution in [0.2, 0.25) is 0 Å². The number of nitrogens with one attached hydrogen (secondary N) is 1. The fourth-order valence-corrected chi connectivity index (χ4v) is 1.28. The summed E-state index contributed by atoms with van der Waals surface area (Å²) in [6, 6.07) is 6.93. The lowest BCUT2D eigenvalue weighted by molar-refractivity contribution is -0.142. The number of carbonyl (C=O) groups is 1. The van der Waals surface area contributed by atoms with Crippen LogP contribution in [0.15, 0.2) is 24.3 Å². The van der Waals surface area contributed by atoms with Gasteiger partial charge in [0.2, 0.25) is 0 Å². The van der Waals surface area contributed by atoms with Crippen molar-refractivity contribution in [1.29, 1.82) is 0 Å². The Morgan fingerprint density at radius 2 is 2.11 bits per heavy atom. The molecule has 0 aliphatic rings. The molecule has 0 saturated heterocycles. The SMILES string of the molecule is Cc1cccc(O[C@@H](C)C(=O)NCC(F)(F)F)c1. The number of hydrogen-bond donors (Lipinski definition) is 1. The Balaban J connectivity index is 2.50. The molecule has 1 rings (SSSR count). The Kier molecular flexibility index (Phi) is 4.58. The number of amides is 1. The van der Waals surface area contributed by atoms with Crippen molar-refractivity contribution in [2.75, 3.05) is 6.54 Å². The van der Waals surface area contributed by atoms with Gasteiger partial charge in [0.15, 0.2) is 6.10 Å². The zero-order valence-electron chi connectivity index (χ0n) is 10.0. The molecule has 0 aromatic heterocycles. The lowest BCUT2D eigenvalue weighted by atomic mass is 10.2. The third-order valence-corrected chi connectivity index (χ3v) is 2.13. The molecule has 18 heavy (non-hydrogen) atoms. The van der Waals surface area contributed by atoms with Crippen LogP contribution in [0.4, 0.5) is 13.2 Å². The second-order valence-electron chi connectivity index (χ2n) is 3.91. The highest BCUT2D eigenvalue weighted by Crippen LogP contribution is 2.15. The Bertz CT molecular complexity index is 418. The predicted octanol–water partition coefficient (Wildman–Crippen LogP) is 2.44. The summed E-state index contributed by atoms with van der Waals surface area (Å²) >= 11 is 0. The summed E-state index contributed by atoms with van der Waals surface area (Å²) in [6.45, 7) is 1.89. The van der Waals surface area contributed by atoms with E-state index in [1.807, 2.05) is 13.0 Å². The molecule has 1 aromatic rings. The van der Waals surface area contributed by atoms with Crippen molar-refractivity contribution < 1.29 is 22.7 Å². The summed E-state index contributed by atoms with van der Waals surface area (Å²) in [5.41, 5.74) is 0.940. The molecule has 0 heterocycles. The Labute approximate surface area is 103 Å². The van der Waals surface area contributed by atoms with E-state index in [4.69, 9.17) is 4.74 Å². The fraction of sp³-hybridized carbons (Fsp3) is 0.417. The number of alkyl halides is 3. The zero-order valence-corrected chi connectivity index (χ0v) is 10.0. The van der Waals surface area contributed by atoms with Crippen molar-refractivity contribution in [3.8, 4) is 5.75 Å². The third kappa shape index (κ3) is 5.07. The highest BCUT2D eigenvalue weighted by atomic mass is 19.4. The zero-order chi connectivity index (χ0) is 13.8. The lowest BCUT2D eigenvalue weighted by Gasteiger charge is -2.15. The van der Waals surface area contributed by atoms with E-state index in [-0.39, 0.29) is 0 Å². The number of carbonyl (C=O) groups excluding carboxylic acids is 1. The summed E-state index contributed by atoms with van der Waals surface area (Å²) < 4.78 is 41.0. The second-order valence-corrected chi connectivity index (χ2v) is 3.91. The van der Waals surface area contributed by atoms with Crippen molar-refractivity contribution in [1.82, 2.24) is 5.32 Å². The molecule has 0 unspecified atom stereocenters. The van der Waals surface area contributed by atoms with Crippen LogP contribution in [0.1, 0.15) is 12.5 Å². The standard InChI is InChI=1S/C12H14F3NO2/c1-8-4-3-5-10(6-8)18-9(2)11(17)16-7-12(13,14)15/h3-6,9H,7H2,1-2H3,(H,16,17)/t9-/m0/s1. The summed E-state index contributed by atoms with van der Waals surface area (Å²) in [5.74, 6) is -0.349. The first-order chi connectivity index (χ1) is 8.28. The maximum Gasteiger partial charge on any atom is 0.405 e. The average molecular weight is 261 g/mol. The molecule has 0 aliphatic heterocycles. The fourth-order valence-electron chi connectivity index (χ4n) is 1.28. The molecule has 0 fully saturated rings. The summed E-state index contributed by atoms with van der Waals surface area (Å²) in [4.78, 5) is 11.3. The Morgan fingerprint density at radius 3 is 2.67 bits per heavy atom. The Hall–Kier alpha value is -1.72. The molecule has 0 saturated carbocycles. The van der Waals surface area contributed by atoms with Gasteiger partial charge in [0, 0.05) is 0 Å². The molecule has 1 aromatic carbocycles. The molecule has 0 bridgehead atoms. The first-order valence-electron chi connectivity index (χ1n) is 5.36. The van der Waals surface area contributed by atoms with Crippen LogP contribution in [0.25, 0.3) is 0 Å². The van der Waals surface area contributed by atoms with E-state index < -0.39 is 24.7 Å². The van der Waals surface area contributed by atoms with Gasteiger partial charge in [0.25, 0.3) is 5.91 Å². The molecule has 100 valence electrons. The maximum atomic E-state index is 11.9. The van der Waals surface area contributed by atoms with Crippen molar-refractivity contribution in [2.45, 2.75) is 26.1 Å². The molecule has 1 atom stereocenters. The minimum Gasteiger partial charge on any atom is -0.481 e. The van der Waals surface area contributed by atoms with Crippen molar-refractivity contribution in [2.24, 2.45) is 0 Å². The van der Waals surface area contributed by atoms with Gasteiger partial charge in [-0.15, -0.1) is 0 Å². The quantitative estimate of drug-likeness (QED) is 0.904. The maximum absolute atomic E-state index is 11.9. The van der Waals surface area contributed by atoms with E-state index in [1.165, 1.54) is 6.92 Å². The number of rotatable bonds is 4. The van der Waals surface area contributed by atoms with Gasteiger partial charge in [-0.05, 0) is 31.5 Å². The lowest BCUT2D eigenvalue weighted by Crippen LogP contribution is -2.41. The molecule has 0 spiro atoms. The molecule has 0 radical (unpaired) electrons. The largest absolute Gasteiger partial charge is 0.481 e. The van der Waals surface area contributed by atoms with Gasteiger partial charge >= 0.3 is 6.18 Å². The van der Waals surface area contributed by atoms with Gasteiger partial charge in [0.1, 0.15) is 12.3 Å². The van der Waals surface area contributed by atoms with Crippen LogP contribution >= 0.6 is 0 Å². The number of benzene rings is 1. The highest BCUT2D eigenvalue weighted by Gasteiger charge is 2.29. The van der Waals surface area contributed by atoms with Crippen LogP contribution < -0.4 is 10.1 Å². The van der Waals surface area contributed by atoms with Gasteiger partial charge in [-0.25, -0.2) is 0 Å². The molecular formula is C12H14F3NO2. The number of aryl methyl sites for hydroxylation is 1. The van der Waals surface area contributed by atoms with E-state index in [1.54, 1.807) is 23.5 Å². The monoisotopic (exact) mass is 261 g/mol. The third-order valence-electron chi connectivity index (χ3n) is 2.13. The van der Waals surface area contributed by atoms with Gasteiger partial charge in [-0.1, -0.05) is 12.1 Å². The minimum atomic E-state index is -4.42. The normalized spacial score (nSPS) is 12.9. The van der Waals surface area contributed by atoms with Crippen LogP contribution in [0.5, 0.6) is 5.75 Å². The molecular weight excluding hydrogens is 247 g/mol. The first-order valence-corrected chi connectivity index (χ1v) is 5.36. The van der Waals surface area contributed by atoms with Gasteiger partial charge in [-0.3, -0.25) is 4.79 Å². The van der Waals surface area contributed by atoms with E-state index in [9.17, 15) is 18.0 Å². The van der Waals surface area contributed by atoms with Crippen LogP contribution in [0.3, 0.4) is 0 Å². The van der Waals surface area contributed by atoms with Crippen molar-refractivity contribution in [3.05, 3.63) is 29.8 Å². The summed E-state index contributed by atoms with van der Waals surface area (Å²) in [7, 11) is 0. The predicted molar refractivity (Wildman–Crippen MR) is 60.3 cm³/mol. The van der Waals surface area contributed by atoms with E-state index in [2.05, 4.69) is 0 Å². The van der Waals surface area contributed by atoms with Crippen molar-refractivity contribution in [3.63, 3.8) is 0 Å². The molecule has 3 nitrogen and oxygen atoms in total. The number of ether oxygens (including phenoxy) is 1. The summed E-state index contributed by atoms with van der Waals surface area (Å²) in [5, 5.41) is 1.77. The Morgan fingerprint density at radius 1 is 1.44 bits per heavy atom. The molecule has 1 amide bonds. The topological polar surface area (TPSA) is 38.3 Å². The minimum absolute atomic E-state index is 0.449. The van der Waals surface area contributed by atoms with Crippen molar-refractivity contribution >= 4 is 5.91 Å². The van der Waals surface area contributed by atoms with Crippen LogP contribution in [-0.2, 0) is 4.79 Å². The van der Waals surface area contributed by atoms with E-state index in [0.29, 0.717) is 5.75 Å². The molecule has 0 aliphatic carbocycles. The molecule has 1 N–H and O–H groups in total. The van der Waals surface area contributed by atoms with Crippen LogP contribution in [0, 0.1) is 6.92 Å². The highest BCUT2D eigenvalue weighted by molar-refractivity contribution is 5.80. The number of halogens is 3.